The van der Waals surface area contributed by atoms with Crippen LogP contribution < -0.4 is 5.32 Å². The molecule has 0 heterocycles. The van der Waals surface area contributed by atoms with Crippen LogP contribution in [-0.4, -0.2) is 25.3 Å². The second-order valence-electron chi connectivity index (χ2n) is 5.36. The molecule has 1 N–H and O–H groups in total. The topological polar surface area (TPSA) is 21.3 Å². The Hall–Kier alpha value is -0.0800. The fraction of sp³-hybridized carbons (Fsp3) is 1.00. The van der Waals surface area contributed by atoms with E-state index in [0.717, 1.165) is 19.0 Å². The summed E-state index contributed by atoms with van der Waals surface area (Å²) in [6.45, 7) is 5.40. The third kappa shape index (κ3) is 5.53. The molecule has 0 unspecified atom stereocenters. The monoisotopic (exact) mass is 213 g/mol. The number of ether oxygens (including phenoxy) is 1. The number of nitrogens with one attached hydrogen (secondary N) is 1. The summed E-state index contributed by atoms with van der Waals surface area (Å²) in [6, 6.07) is 0.764. The van der Waals surface area contributed by atoms with Crippen molar-refractivity contribution in [1.29, 1.82) is 0 Å². The molecule has 1 rings (SSSR count). The van der Waals surface area contributed by atoms with Gasteiger partial charge in [-0.05, 0) is 39.7 Å². The third-order valence-electron chi connectivity index (χ3n) is 3.57. The maximum atomic E-state index is 5.41. The van der Waals surface area contributed by atoms with Crippen LogP contribution in [0.15, 0.2) is 0 Å². The van der Waals surface area contributed by atoms with Crippen molar-refractivity contribution in [2.24, 2.45) is 0 Å². The molecule has 1 aliphatic rings. The summed E-state index contributed by atoms with van der Waals surface area (Å²) < 4.78 is 5.41. The second kappa shape index (κ2) is 6.49. The minimum Gasteiger partial charge on any atom is -0.379 e. The Morgan fingerprint density at radius 2 is 1.73 bits per heavy atom. The molecule has 2 nitrogen and oxygen atoms in total. The van der Waals surface area contributed by atoms with Crippen LogP contribution in [0.25, 0.3) is 0 Å². The van der Waals surface area contributed by atoms with Gasteiger partial charge in [-0.2, -0.15) is 0 Å². The van der Waals surface area contributed by atoms with Gasteiger partial charge in [-0.1, -0.05) is 25.7 Å². The van der Waals surface area contributed by atoms with E-state index >= 15 is 0 Å². The first-order valence-electron chi connectivity index (χ1n) is 6.42. The molecule has 2 heteroatoms. The maximum Gasteiger partial charge on any atom is 0.0634 e. The van der Waals surface area contributed by atoms with E-state index in [1.807, 2.05) is 0 Å². The first-order valence-corrected chi connectivity index (χ1v) is 6.42. The van der Waals surface area contributed by atoms with Crippen molar-refractivity contribution in [3.63, 3.8) is 0 Å². The molecule has 0 spiro atoms. The van der Waals surface area contributed by atoms with Gasteiger partial charge in [0.1, 0.15) is 0 Å². The molecule has 0 radical (unpaired) electrons. The molecule has 0 aliphatic heterocycles. The summed E-state index contributed by atoms with van der Waals surface area (Å²) in [7, 11) is 1.80. The zero-order chi connectivity index (χ0) is 11.1. The molecule has 90 valence electrons. The predicted octanol–water partition coefficient (Wildman–Crippen LogP) is 3.11. The van der Waals surface area contributed by atoms with Gasteiger partial charge in [-0.15, -0.1) is 0 Å². The Balaban J connectivity index is 2.13. The first kappa shape index (κ1) is 13.0. The van der Waals surface area contributed by atoms with Crippen molar-refractivity contribution in [2.75, 3.05) is 13.7 Å². The summed E-state index contributed by atoms with van der Waals surface area (Å²) in [5.74, 6) is 0. The van der Waals surface area contributed by atoms with Gasteiger partial charge in [0.25, 0.3) is 0 Å². The van der Waals surface area contributed by atoms with Gasteiger partial charge in [0.15, 0.2) is 0 Å². The molecule has 15 heavy (non-hydrogen) atoms. The smallest absolute Gasteiger partial charge is 0.0634 e. The normalized spacial score (nSPS) is 20.2. The SMILES string of the molecule is COC(C)(C)CCNC1CCCCCC1. The van der Waals surface area contributed by atoms with Gasteiger partial charge < -0.3 is 10.1 Å². The Bertz CT molecular complexity index is 160. The molecule has 0 atom stereocenters. The standard InChI is InChI=1S/C13H27NO/c1-13(2,15-3)10-11-14-12-8-6-4-5-7-9-12/h12,14H,4-11H2,1-3H3. The molecule has 0 bridgehead atoms. The minimum absolute atomic E-state index is 0.0255. The van der Waals surface area contributed by atoms with E-state index in [2.05, 4.69) is 19.2 Å². The number of rotatable bonds is 5. The van der Waals surface area contributed by atoms with Gasteiger partial charge in [0.2, 0.25) is 0 Å². The van der Waals surface area contributed by atoms with Crippen LogP contribution in [0.1, 0.15) is 58.8 Å². The summed E-state index contributed by atoms with van der Waals surface area (Å²) in [5, 5.41) is 3.67. The lowest BCUT2D eigenvalue weighted by Crippen LogP contribution is -2.34. The minimum atomic E-state index is 0.0255. The zero-order valence-electron chi connectivity index (χ0n) is 10.6. The van der Waals surface area contributed by atoms with Crippen LogP contribution >= 0.6 is 0 Å². The molecular formula is C13H27NO. The maximum absolute atomic E-state index is 5.41. The van der Waals surface area contributed by atoms with Gasteiger partial charge in [-0.3, -0.25) is 0 Å². The Labute approximate surface area is 94.8 Å². The summed E-state index contributed by atoms with van der Waals surface area (Å²) in [4.78, 5) is 0. The van der Waals surface area contributed by atoms with Gasteiger partial charge in [0, 0.05) is 13.2 Å². The number of methoxy groups -OCH3 is 1. The Morgan fingerprint density at radius 3 is 2.27 bits per heavy atom. The molecule has 0 aromatic carbocycles. The van der Waals surface area contributed by atoms with Gasteiger partial charge >= 0.3 is 0 Å². The fourth-order valence-electron chi connectivity index (χ4n) is 2.16. The van der Waals surface area contributed by atoms with E-state index in [1.165, 1.54) is 38.5 Å². The van der Waals surface area contributed by atoms with E-state index in [-0.39, 0.29) is 5.60 Å². The van der Waals surface area contributed by atoms with Crippen LogP contribution in [0.4, 0.5) is 0 Å². The lowest BCUT2D eigenvalue weighted by Gasteiger charge is -2.24. The average molecular weight is 213 g/mol. The summed E-state index contributed by atoms with van der Waals surface area (Å²) in [5.41, 5.74) is 0.0255. The quantitative estimate of drug-likeness (QED) is 0.709. The molecule has 0 aromatic rings. The Kier molecular flexibility index (Phi) is 5.62. The first-order chi connectivity index (χ1) is 7.14. The lowest BCUT2D eigenvalue weighted by molar-refractivity contribution is 0.0152. The molecule has 1 saturated carbocycles. The van der Waals surface area contributed by atoms with Crippen molar-refractivity contribution in [2.45, 2.75) is 70.4 Å². The molecule has 0 amide bonds. The lowest BCUT2D eigenvalue weighted by atomic mass is 10.0. The molecule has 0 aromatic heterocycles. The van der Waals surface area contributed by atoms with Gasteiger partial charge in [0.05, 0.1) is 5.60 Å². The van der Waals surface area contributed by atoms with Crippen LogP contribution in [-0.2, 0) is 4.74 Å². The van der Waals surface area contributed by atoms with Gasteiger partial charge in [-0.25, -0.2) is 0 Å². The van der Waals surface area contributed by atoms with Crippen molar-refractivity contribution in [3.05, 3.63) is 0 Å². The van der Waals surface area contributed by atoms with Crippen LogP contribution in [0.5, 0.6) is 0 Å². The highest BCUT2D eigenvalue weighted by atomic mass is 16.5. The molecule has 1 aliphatic carbocycles. The van der Waals surface area contributed by atoms with E-state index in [1.54, 1.807) is 7.11 Å². The van der Waals surface area contributed by atoms with Crippen LogP contribution in [0.2, 0.25) is 0 Å². The van der Waals surface area contributed by atoms with E-state index in [9.17, 15) is 0 Å². The Morgan fingerprint density at radius 1 is 1.13 bits per heavy atom. The zero-order valence-corrected chi connectivity index (χ0v) is 10.6. The van der Waals surface area contributed by atoms with Crippen LogP contribution in [0.3, 0.4) is 0 Å². The molecule has 1 fully saturated rings. The van der Waals surface area contributed by atoms with Crippen LogP contribution in [0, 0.1) is 0 Å². The summed E-state index contributed by atoms with van der Waals surface area (Å²) in [6.07, 6.45) is 9.51. The highest BCUT2D eigenvalue weighted by Crippen LogP contribution is 2.18. The van der Waals surface area contributed by atoms with E-state index in [0.29, 0.717) is 0 Å². The average Bonchev–Trinajstić information content (AvgIpc) is 2.46. The second-order valence-corrected chi connectivity index (χ2v) is 5.36. The largest absolute Gasteiger partial charge is 0.379 e. The molecule has 0 saturated heterocycles. The van der Waals surface area contributed by atoms with Crippen molar-refractivity contribution in [1.82, 2.24) is 5.32 Å². The highest BCUT2D eigenvalue weighted by molar-refractivity contribution is 4.74. The van der Waals surface area contributed by atoms with Crippen molar-refractivity contribution >= 4 is 0 Å². The third-order valence-corrected chi connectivity index (χ3v) is 3.57. The van der Waals surface area contributed by atoms with Crippen molar-refractivity contribution in [3.8, 4) is 0 Å². The fourth-order valence-corrected chi connectivity index (χ4v) is 2.16. The van der Waals surface area contributed by atoms with E-state index < -0.39 is 0 Å². The number of hydrogen-bond acceptors (Lipinski definition) is 2. The molecular weight excluding hydrogens is 186 g/mol. The highest BCUT2D eigenvalue weighted by Gasteiger charge is 2.17. The predicted molar refractivity (Wildman–Crippen MR) is 65.2 cm³/mol. The summed E-state index contributed by atoms with van der Waals surface area (Å²) >= 11 is 0. The van der Waals surface area contributed by atoms with Crippen molar-refractivity contribution < 1.29 is 4.74 Å². The van der Waals surface area contributed by atoms with E-state index in [4.69, 9.17) is 4.74 Å². The number of hydrogen-bond donors (Lipinski definition) is 1.